The molecule has 0 spiro atoms. The fourth-order valence-electron chi connectivity index (χ4n) is 3.89. The first-order valence-corrected chi connectivity index (χ1v) is 10.1. The van der Waals surface area contributed by atoms with E-state index in [0.29, 0.717) is 18.0 Å². The molecule has 3 nitrogen and oxygen atoms in total. The molecular weight excluding hydrogens is 368 g/mol. The molecule has 0 fully saturated rings. The molecule has 1 unspecified atom stereocenters. The van der Waals surface area contributed by atoms with E-state index in [1.165, 1.54) is 0 Å². The van der Waals surface area contributed by atoms with Gasteiger partial charge in [-0.25, -0.2) is 0 Å². The molecule has 0 aliphatic carbocycles. The monoisotopic (exact) mass is 392 g/mol. The summed E-state index contributed by atoms with van der Waals surface area (Å²) in [6.07, 6.45) is 2.98. The van der Waals surface area contributed by atoms with Crippen LogP contribution in [-0.4, -0.2) is 10.8 Å². The van der Waals surface area contributed by atoms with Crippen LogP contribution in [0.4, 0.5) is 0 Å². The highest BCUT2D eigenvalue weighted by Gasteiger charge is 2.46. The number of nitriles is 1. The second kappa shape index (κ2) is 8.63. The quantitative estimate of drug-likeness (QED) is 0.526. The Kier molecular flexibility index (Phi) is 6.21. The van der Waals surface area contributed by atoms with E-state index < -0.39 is 5.41 Å². The first-order chi connectivity index (χ1) is 13.5. The van der Waals surface area contributed by atoms with Gasteiger partial charge < -0.3 is 4.90 Å². The van der Waals surface area contributed by atoms with Crippen molar-refractivity contribution in [1.29, 1.82) is 5.26 Å². The summed E-state index contributed by atoms with van der Waals surface area (Å²) in [4.78, 5) is 15.5. The molecule has 1 amide bonds. The first kappa shape index (κ1) is 20.2. The summed E-state index contributed by atoms with van der Waals surface area (Å²) >= 11 is 6.02. The molecule has 1 aliphatic rings. The van der Waals surface area contributed by atoms with Crippen LogP contribution in [0.5, 0.6) is 0 Å². The third-order valence-electron chi connectivity index (χ3n) is 5.69. The number of halogens is 1. The molecule has 2 aromatic rings. The molecule has 3 rings (SSSR count). The zero-order chi connectivity index (χ0) is 20.1. The van der Waals surface area contributed by atoms with Crippen LogP contribution < -0.4 is 0 Å². The highest BCUT2D eigenvalue weighted by molar-refractivity contribution is 6.30. The van der Waals surface area contributed by atoms with Crippen molar-refractivity contribution in [1.82, 2.24) is 4.90 Å². The molecule has 0 N–H and O–H groups in total. The summed E-state index contributed by atoms with van der Waals surface area (Å²) in [7, 11) is 0. The van der Waals surface area contributed by atoms with E-state index >= 15 is 0 Å². The van der Waals surface area contributed by atoms with Gasteiger partial charge >= 0.3 is 0 Å². The van der Waals surface area contributed by atoms with Crippen molar-refractivity contribution in [3.05, 3.63) is 76.3 Å². The van der Waals surface area contributed by atoms with Gasteiger partial charge in [0.1, 0.15) is 0 Å². The molecule has 0 aromatic heterocycles. The maximum Gasteiger partial charge on any atom is 0.237 e. The largest absolute Gasteiger partial charge is 0.307 e. The van der Waals surface area contributed by atoms with E-state index in [-0.39, 0.29) is 5.91 Å². The van der Waals surface area contributed by atoms with Gasteiger partial charge in [-0.05, 0) is 55.5 Å². The topological polar surface area (TPSA) is 44.1 Å². The van der Waals surface area contributed by atoms with E-state index in [4.69, 9.17) is 16.9 Å². The van der Waals surface area contributed by atoms with Gasteiger partial charge in [0.2, 0.25) is 5.91 Å². The summed E-state index contributed by atoms with van der Waals surface area (Å²) in [5.74, 6) is 0.135. The predicted molar refractivity (Wildman–Crippen MR) is 113 cm³/mol. The number of hydrogen-bond donors (Lipinski definition) is 0. The molecule has 0 radical (unpaired) electrons. The molecule has 144 valence electrons. The van der Waals surface area contributed by atoms with Gasteiger partial charge in [-0.3, -0.25) is 4.79 Å². The molecule has 1 atom stereocenters. The zero-order valence-electron chi connectivity index (χ0n) is 16.4. The molecule has 4 heteroatoms. The molecule has 2 aromatic carbocycles. The molecule has 0 bridgehead atoms. The number of hydrogen-bond acceptors (Lipinski definition) is 2. The zero-order valence-corrected chi connectivity index (χ0v) is 17.2. The summed E-state index contributed by atoms with van der Waals surface area (Å²) in [6, 6.07) is 20.0. The highest BCUT2D eigenvalue weighted by Crippen LogP contribution is 2.47. The fraction of sp³-hybridized carbons (Fsp3) is 0.333. The third-order valence-corrected chi connectivity index (χ3v) is 5.94. The van der Waals surface area contributed by atoms with Crippen molar-refractivity contribution in [3.63, 3.8) is 0 Å². The lowest BCUT2D eigenvalue weighted by Crippen LogP contribution is -2.34. The molecule has 1 aliphatic heterocycles. The standard InChI is InChI=1S/C24H25ClN2O/c1-18-22(20-9-5-3-6-10-20)27(17-19-11-13-21(25)14-12-19)23(28)24(18,2)15-7-4-8-16-26/h3,5-6,9-14H,4,7-8,15,17H2,1-2H3. The van der Waals surface area contributed by atoms with Gasteiger partial charge in [0.25, 0.3) is 0 Å². The number of carbonyl (C=O) groups is 1. The van der Waals surface area contributed by atoms with Crippen LogP contribution in [0.15, 0.2) is 60.2 Å². The smallest absolute Gasteiger partial charge is 0.237 e. The Hall–Kier alpha value is -2.57. The third kappa shape index (κ3) is 3.98. The second-order valence-corrected chi connectivity index (χ2v) is 7.99. The van der Waals surface area contributed by atoms with Crippen molar-refractivity contribution in [2.45, 2.75) is 46.1 Å². The molecule has 0 saturated heterocycles. The molecule has 28 heavy (non-hydrogen) atoms. The van der Waals surface area contributed by atoms with E-state index in [9.17, 15) is 4.79 Å². The summed E-state index contributed by atoms with van der Waals surface area (Å²) in [5.41, 5.74) is 3.68. The van der Waals surface area contributed by atoms with Crippen molar-refractivity contribution < 1.29 is 4.79 Å². The van der Waals surface area contributed by atoms with E-state index in [2.05, 4.69) is 25.1 Å². The summed E-state index contributed by atoms with van der Waals surface area (Å²) < 4.78 is 0. The minimum Gasteiger partial charge on any atom is -0.307 e. The molecule has 1 heterocycles. The average Bonchev–Trinajstić information content (AvgIpc) is 2.89. The summed E-state index contributed by atoms with van der Waals surface area (Å²) in [5, 5.41) is 9.49. The Labute approximate surface area is 172 Å². The van der Waals surface area contributed by atoms with E-state index in [0.717, 1.165) is 41.7 Å². The van der Waals surface area contributed by atoms with E-state index in [1.807, 2.05) is 54.3 Å². The number of nitrogens with zero attached hydrogens (tertiary/aromatic N) is 2. The number of amides is 1. The Morgan fingerprint density at radius 1 is 1.07 bits per heavy atom. The van der Waals surface area contributed by atoms with Crippen molar-refractivity contribution in [2.24, 2.45) is 5.41 Å². The van der Waals surface area contributed by atoms with Gasteiger partial charge in [-0.1, -0.05) is 60.5 Å². The average molecular weight is 393 g/mol. The van der Waals surface area contributed by atoms with Crippen molar-refractivity contribution in [3.8, 4) is 6.07 Å². The maximum absolute atomic E-state index is 13.5. The SMILES string of the molecule is CC1=C(c2ccccc2)N(Cc2ccc(Cl)cc2)C(=O)C1(C)CCCCC#N. The number of rotatable bonds is 7. The van der Waals surface area contributed by atoms with Gasteiger partial charge in [0.15, 0.2) is 0 Å². The summed E-state index contributed by atoms with van der Waals surface area (Å²) in [6.45, 7) is 4.64. The number of benzene rings is 2. The predicted octanol–water partition coefficient (Wildman–Crippen LogP) is 6.20. The highest BCUT2D eigenvalue weighted by atomic mass is 35.5. The van der Waals surface area contributed by atoms with Crippen LogP contribution in [0, 0.1) is 16.7 Å². The van der Waals surface area contributed by atoms with Gasteiger partial charge in [0, 0.05) is 11.4 Å². The van der Waals surface area contributed by atoms with Crippen LogP contribution in [0.3, 0.4) is 0 Å². The normalized spacial score (nSPS) is 19.2. The van der Waals surface area contributed by atoms with Crippen LogP contribution in [0.25, 0.3) is 5.70 Å². The second-order valence-electron chi connectivity index (χ2n) is 7.55. The van der Waals surface area contributed by atoms with Crippen LogP contribution in [-0.2, 0) is 11.3 Å². The Morgan fingerprint density at radius 2 is 1.75 bits per heavy atom. The Bertz CT molecular complexity index is 912. The Morgan fingerprint density at radius 3 is 2.39 bits per heavy atom. The lowest BCUT2D eigenvalue weighted by atomic mass is 9.78. The van der Waals surface area contributed by atoms with Crippen LogP contribution in [0.1, 0.15) is 50.7 Å². The minimum atomic E-state index is -0.535. The number of unbranched alkanes of at least 4 members (excludes halogenated alkanes) is 2. The minimum absolute atomic E-state index is 0.135. The maximum atomic E-state index is 13.5. The lowest BCUT2D eigenvalue weighted by Gasteiger charge is -2.26. The van der Waals surface area contributed by atoms with E-state index in [1.54, 1.807) is 0 Å². The number of carbonyl (C=O) groups excluding carboxylic acids is 1. The van der Waals surface area contributed by atoms with Gasteiger partial charge in [-0.15, -0.1) is 0 Å². The molecular formula is C24H25ClN2O. The first-order valence-electron chi connectivity index (χ1n) is 9.67. The van der Waals surface area contributed by atoms with Crippen molar-refractivity contribution in [2.75, 3.05) is 0 Å². The van der Waals surface area contributed by atoms with Crippen LogP contribution in [0.2, 0.25) is 5.02 Å². The fourth-order valence-corrected chi connectivity index (χ4v) is 4.02. The Balaban J connectivity index is 1.96. The van der Waals surface area contributed by atoms with Gasteiger partial charge in [0.05, 0.1) is 23.7 Å². The lowest BCUT2D eigenvalue weighted by molar-refractivity contribution is -0.134. The van der Waals surface area contributed by atoms with Crippen molar-refractivity contribution >= 4 is 23.2 Å². The van der Waals surface area contributed by atoms with Crippen LogP contribution >= 0.6 is 11.6 Å². The van der Waals surface area contributed by atoms with Gasteiger partial charge in [-0.2, -0.15) is 5.26 Å². The molecule has 0 saturated carbocycles.